The van der Waals surface area contributed by atoms with Gasteiger partial charge in [-0.2, -0.15) is 0 Å². The molecule has 0 aromatic carbocycles. The van der Waals surface area contributed by atoms with Crippen molar-refractivity contribution in [1.82, 2.24) is 5.32 Å². The van der Waals surface area contributed by atoms with Crippen LogP contribution in [0.4, 0.5) is 0 Å². The molecule has 1 saturated heterocycles. The summed E-state index contributed by atoms with van der Waals surface area (Å²) >= 11 is 0. The number of hydrogen-bond acceptors (Lipinski definition) is 2. The van der Waals surface area contributed by atoms with Gasteiger partial charge in [-0.25, -0.2) is 0 Å². The molecular weight excluding hydrogens is 174 g/mol. The molecule has 1 N–H and O–H groups in total. The first kappa shape index (κ1) is 9.38. The molecule has 0 amide bonds. The second-order valence-electron chi connectivity index (χ2n) is 4.26. The summed E-state index contributed by atoms with van der Waals surface area (Å²) in [5.74, 6) is 1.56. The molecule has 2 aliphatic rings. The lowest BCUT2D eigenvalue weighted by Crippen LogP contribution is -2.28. The molecule has 76 valence electrons. The highest BCUT2D eigenvalue weighted by Gasteiger charge is 2.25. The van der Waals surface area contributed by atoms with Crippen LogP contribution in [-0.4, -0.2) is 12.6 Å². The molecule has 2 heteroatoms. The smallest absolute Gasteiger partial charge is 0.194 e. The van der Waals surface area contributed by atoms with Gasteiger partial charge in [0.2, 0.25) is 0 Å². The zero-order chi connectivity index (χ0) is 10.1. The van der Waals surface area contributed by atoms with Crippen molar-refractivity contribution in [2.75, 3.05) is 6.61 Å². The average molecular weight is 191 g/mol. The van der Waals surface area contributed by atoms with E-state index in [0.29, 0.717) is 12.0 Å². The van der Waals surface area contributed by atoms with Gasteiger partial charge in [-0.1, -0.05) is 26.0 Å². The monoisotopic (exact) mass is 191 g/mol. The first-order chi connectivity index (χ1) is 6.68. The lowest BCUT2D eigenvalue weighted by molar-refractivity contribution is 0.242. The predicted octanol–water partition coefficient (Wildman–Crippen LogP) is 2.36. The largest absolute Gasteiger partial charge is 0.477 e. The quantitative estimate of drug-likeness (QED) is 0.687. The Kier molecular flexibility index (Phi) is 2.36. The highest BCUT2D eigenvalue weighted by molar-refractivity contribution is 5.48. The predicted molar refractivity (Wildman–Crippen MR) is 57.6 cm³/mol. The Bertz CT molecular complexity index is 323. The molecule has 1 aliphatic carbocycles. The Morgan fingerprint density at radius 3 is 2.79 bits per heavy atom. The fourth-order valence-corrected chi connectivity index (χ4v) is 1.70. The van der Waals surface area contributed by atoms with Gasteiger partial charge in [0.05, 0.1) is 6.04 Å². The maximum Gasteiger partial charge on any atom is 0.194 e. The summed E-state index contributed by atoms with van der Waals surface area (Å²) in [6.07, 6.45) is 6.27. The second kappa shape index (κ2) is 3.52. The van der Waals surface area contributed by atoms with Gasteiger partial charge in [0.1, 0.15) is 6.61 Å². The Morgan fingerprint density at radius 1 is 1.50 bits per heavy atom. The van der Waals surface area contributed by atoms with Gasteiger partial charge >= 0.3 is 0 Å². The van der Waals surface area contributed by atoms with Gasteiger partial charge in [-0.15, -0.1) is 0 Å². The standard InChI is InChI=1S/C12H17NO/c1-8(2)11-7-14-12(13-11)10-6-4-5-9(10)3/h4-6,8,11,13H,7H2,1-3H3/b12-10+/t11-/m1/s1. The van der Waals surface area contributed by atoms with Crippen molar-refractivity contribution in [2.45, 2.75) is 26.8 Å². The number of hydrogen-bond donors (Lipinski definition) is 1. The SMILES string of the molecule is CC1=CC=C/C1=C1/N[C@@H](C(C)C)CO1. The van der Waals surface area contributed by atoms with E-state index in [-0.39, 0.29) is 0 Å². The molecule has 0 aromatic heterocycles. The van der Waals surface area contributed by atoms with E-state index in [0.717, 1.165) is 12.5 Å². The third-order valence-electron chi connectivity index (χ3n) is 2.81. The lowest BCUT2D eigenvalue weighted by Gasteiger charge is -2.11. The molecule has 2 rings (SSSR count). The molecule has 1 heterocycles. The minimum absolute atomic E-state index is 0.458. The number of nitrogens with one attached hydrogen (secondary N) is 1. The summed E-state index contributed by atoms with van der Waals surface area (Å²) < 4.78 is 5.66. The van der Waals surface area contributed by atoms with Crippen LogP contribution >= 0.6 is 0 Å². The van der Waals surface area contributed by atoms with Crippen LogP contribution in [0.15, 0.2) is 35.3 Å². The van der Waals surface area contributed by atoms with Crippen molar-refractivity contribution in [3.05, 3.63) is 35.3 Å². The van der Waals surface area contributed by atoms with Crippen LogP contribution in [0, 0.1) is 5.92 Å². The zero-order valence-corrected chi connectivity index (χ0v) is 9.00. The normalized spacial score (nSPS) is 30.6. The van der Waals surface area contributed by atoms with Crippen molar-refractivity contribution in [3.63, 3.8) is 0 Å². The molecule has 0 saturated carbocycles. The Balaban J connectivity index is 2.15. The van der Waals surface area contributed by atoms with E-state index in [1.165, 1.54) is 11.1 Å². The van der Waals surface area contributed by atoms with E-state index >= 15 is 0 Å². The van der Waals surface area contributed by atoms with E-state index in [1.807, 2.05) is 0 Å². The number of rotatable bonds is 1. The van der Waals surface area contributed by atoms with Crippen LogP contribution in [0.25, 0.3) is 0 Å². The van der Waals surface area contributed by atoms with Crippen molar-refractivity contribution in [2.24, 2.45) is 5.92 Å². The molecule has 0 unspecified atom stereocenters. The Morgan fingerprint density at radius 2 is 2.29 bits per heavy atom. The lowest BCUT2D eigenvalue weighted by atomic mass is 10.1. The third kappa shape index (κ3) is 1.57. The Hall–Kier alpha value is -1.18. The van der Waals surface area contributed by atoms with Crippen LogP contribution in [0.3, 0.4) is 0 Å². The molecule has 0 bridgehead atoms. The molecule has 0 spiro atoms. The zero-order valence-electron chi connectivity index (χ0n) is 9.00. The highest BCUT2D eigenvalue weighted by atomic mass is 16.5. The fourth-order valence-electron chi connectivity index (χ4n) is 1.70. The summed E-state index contributed by atoms with van der Waals surface area (Å²) in [6.45, 7) is 7.32. The van der Waals surface area contributed by atoms with Crippen molar-refractivity contribution >= 4 is 0 Å². The number of allylic oxidation sites excluding steroid dienone is 5. The van der Waals surface area contributed by atoms with Crippen LogP contribution in [0.2, 0.25) is 0 Å². The first-order valence-electron chi connectivity index (χ1n) is 5.17. The maximum absolute atomic E-state index is 5.66. The van der Waals surface area contributed by atoms with Gasteiger partial charge in [0, 0.05) is 5.57 Å². The first-order valence-corrected chi connectivity index (χ1v) is 5.17. The van der Waals surface area contributed by atoms with Gasteiger partial charge in [0.15, 0.2) is 5.88 Å². The minimum Gasteiger partial charge on any atom is -0.477 e. The van der Waals surface area contributed by atoms with E-state index in [4.69, 9.17) is 4.74 Å². The topological polar surface area (TPSA) is 21.3 Å². The average Bonchev–Trinajstić information content (AvgIpc) is 2.71. The van der Waals surface area contributed by atoms with Gasteiger partial charge in [-0.3, -0.25) is 0 Å². The Labute approximate surface area is 85.3 Å². The highest BCUT2D eigenvalue weighted by Crippen LogP contribution is 2.25. The van der Waals surface area contributed by atoms with E-state index in [9.17, 15) is 0 Å². The van der Waals surface area contributed by atoms with Crippen molar-refractivity contribution in [3.8, 4) is 0 Å². The molecule has 0 radical (unpaired) electrons. The second-order valence-corrected chi connectivity index (χ2v) is 4.26. The summed E-state index contributed by atoms with van der Waals surface area (Å²) in [5, 5.41) is 3.43. The summed E-state index contributed by atoms with van der Waals surface area (Å²) in [5.41, 5.74) is 2.48. The van der Waals surface area contributed by atoms with Crippen molar-refractivity contribution < 1.29 is 4.74 Å². The van der Waals surface area contributed by atoms with Crippen LogP contribution in [-0.2, 0) is 4.74 Å². The van der Waals surface area contributed by atoms with Gasteiger partial charge in [-0.05, 0) is 24.5 Å². The molecule has 14 heavy (non-hydrogen) atoms. The van der Waals surface area contributed by atoms with Crippen LogP contribution < -0.4 is 5.32 Å². The molecule has 1 fully saturated rings. The van der Waals surface area contributed by atoms with Crippen LogP contribution in [0.5, 0.6) is 0 Å². The summed E-state index contributed by atoms with van der Waals surface area (Å²) in [6, 6.07) is 0.458. The van der Waals surface area contributed by atoms with Crippen LogP contribution in [0.1, 0.15) is 20.8 Å². The van der Waals surface area contributed by atoms with E-state index in [1.54, 1.807) is 0 Å². The minimum atomic E-state index is 0.458. The maximum atomic E-state index is 5.66. The molecular formula is C12H17NO. The summed E-state index contributed by atoms with van der Waals surface area (Å²) in [7, 11) is 0. The van der Waals surface area contributed by atoms with E-state index < -0.39 is 0 Å². The van der Waals surface area contributed by atoms with Gasteiger partial charge in [0.25, 0.3) is 0 Å². The molecule has 1 aliphatic heterocycles. The fraction of sp³-hybridized carbons (Fsp3) is 0.500. The molecule has 0 aromatic rings. The molecule has 2 nitrogen and oxygen atoms in total. The van der Waals surface area contributed by atoms with E-state index in [2.05, 4.69) is 44.3 Å². The number of ether oxygens (including phenoxy) is 1. The van der Waals surface area contributed by atoms with Crippen molar-refractivity contribution in [1.29, 1.82) is 0 Å². The summed E-state index contributed by atoms with van der Waals surface area (Å²) in [4.78, 5) is 0. The molecule has 1 atom stereocenters. The third-order valence-corrected chi connectivity index (χ3v) is 2.81. The van der Waals surface area contributed by atoms with Gasteiger partial charge < -0.3 is 10.1 Å².